The smallest absolute Gasteiger partial charge is 0.256 e. The van der Waals surface area contributed by atoms with Gasteiger partial charge in [-0.1, -0.05) is 0 Å². The van der Waals surface area contributed by atoms with E-state index < -0.39 is 0 Å². The molecule has 7 nitrogen and oxygen atoms in total. The number of fused-ring (bicyclic) bond motifs is 2. The number of nitrogens with zero attached hydrogens (tertiary/aromatic N) is 3. The van der Waals surface area contributed by atoms with Crippen LogP contribution in [0.25, 0.3) is 5.65 Å². The minimum atomic E-state index is -0.335. The maximum absolute atomic E-state index is 13.5. The minimum absolute atomic E-state index is 0.267. The van der Waals surface area contributed by atoms with Crippen LogP contribution in [0, 0.1) is 5.82 Å². The van der Waals surface area contributed by atoms with Crippen LogP contribution in [-0.2, 0) is 6.54 Å². The maximum Gasteiger partial charge on any atom is 0.256 e. The first-order chi connectivity index (χ1) is 12.7. The molecule has 0 radical (unpaired) electrons. The predicted molar refractivity (Wildman–Crippen MR) is 91.6 cm³/mol. The Bertz CT molecular complexity index is 929. The highest BCUT2D eigenvalue weighted by Gasteiger charge is 2.15. The van der Waals surface area contributed by atoms with E-state index in [0.29, 0.717) is 48.6 Å². The number of carbonyl (C=O) groups excluding carboxylic acids is 1. The van der Waals surface area contributed by atoms with Crippen LogP contribution in [0.5, 0.6) is 5.75 Å². The van der Waals surface area contributed by atoms with Gasteiger partial charge in [-0.25, -0.2) is 13.9 Å². The van der Waals surface area contributed by atoms with Crippen molar-refractivity contribution in [3.8, 4) is 5.75 Å². The molecule has 3 aromatic rings. The highest BCUT2D eigenvalue weighted by Crippen LogP contribution is 2.21. The van der Waals surface area contributed by atoms with Gasteiger partial charge in [0.1, 0.15) is 29.6 Å². The number of alkyl halides is 1. The Labute approximate surface area is 148 Å². The Kier molecular flexibility index (Phi) is 5.26. The van der Waals surface area contributed by atoms with Crippen molar-refractivity contribution in [2.24, 2.45) is 0 Å². The summed E-state index contributed by atoms with van der Waals surface area (Å²) in [6.07, 6.45) is 3.19. The molecular weight excluding hydrogens is 344 g/mol. The fourth-order valence-corrected chi connectivity index (χ4v) is 2.56. The molecule has 2 bridgehead atoms. The summed E-state index contributed by atoms with van der Waals surface area (Å²) in [7, 11) is 0.500. The summed E-state index contributed by atoms with van der Waals surface area (Å²) in [5.74, 6) is 0.531. The lowest BCUT2D eigenvalue weighted by molar-refractivity contribution is 0.0948. The summed E-state index contributed by atoms with van der Waals surface area (Å²) in [6, 6.07) is 6.08. The van der Waals surface area contributed by atoms with Crippen molar-refractivity contribution in [1.29, 1.82) is 0 Å². The van der Waals surface area contributed by atoms with E-state index in [1.54, 1.807) is 18.3 Å². The summed E-state index contributed by atoms with van der Waals surface area (Å²) in [5.41, 5.74) is 1.52. The van der Waals surface area contributed by atoms with Crippen molar-refractivity contribution in [3.63, 3.8) is 0 Å². The van der Waals surface area contributed by atoms with E-state index in [9.17, 15) is 13.6 Å². The van der Waals surface area contributed by atoms with Crippen LogP contribution in [-0.4, -0.2) is 40.8 Å². The number of benzene rings is 1. The molecule has 136 valence electrons. The Morgan fingerprint density at radius 1 is 1.23 bits per heavy atom. The number of rotatable bonds is 0. The van der Waals surface area contributed by atoms with Crippen LogP contribution in [0.15, 0.2) is 36.7 Å². The SMILES string of the molecule is CF.O=C1NCCOc2ccc(F)cc2CNc2ccn3ncc1c3n2. The average molecular weight is 361 g/mol. The van der Waals surface area contributed by atoms with Gasteiger partial charge in [0, 0.05) is 18.3 Å². The van der Waals surface area contributed by atoms with Crippen LogP contribution in [0.2, 0.25) is 0 Å². The van der Waals surface area contributed by atoms with E-state index in [0.717, 1.165) is 0 Å². The van der Waals surface area contributed by atoms with Gasteiger partial charge in [-0.2, -0.15) is 5.10 Å². The lowest BCUT2D eigenvalue weighted by Crippen LogP contribution is -2.28. The normalized spacial score (nSPS) is 13.7. The number of amides is 1. The fraction of sp³-hybridized carbons (Fsp3) is 0.235. The van der Waals surface area contributed by atoms with Gasteiger partial charge in [-0.3, -0.25) is 9.18 Å². The van der Waals surface area contributed by atoms with E-state index in [-0.39, 0.29) is 18.3 Å². The van der Waals surface area contributed by atoms with Gasteiger partial charge in [0.05, 0.1) is 19.9 Å². The van der Waals surface area contributed by atoms with Crippen LogP contribution in [0.3, 0.4) is 0 Å². The van der Waals surface area contributed by atoms with Crippen molar-refractivity contribution in [2.75, 3.05) is 25.6 Å². The number of aromatic nitrogens is 3. The number of hydrogen-bond donors (Lipinski definition) is 2. The van der Waals surface area contributed by atoms with E-state index in [1.165, 1.54) is 22.8 Å². The van der Waals surface area contributed by atoms with Gasteiger partial charge in [0.15, 0.2) is 5.65 Å². The topological polar surface area (TPSA) is 80.5 Å². The summed E-state index contributed by atoms with van der Waals surface area (Å²) in [6.45, 7) is 0.945. The highest BCUT2D eigenvalue weighted by atomic mass is 19.1. The zero-order chi connectivity index (χ0) is 18.5. The Balaban J connectivity index is 0.000000948. The van der Waals surface area contributed by atoms with Crippen LogP contribution in [0.1, 0.15) is 15.9 Å². The quantitative estimate of drug-likeness (QED) is 0.642. The van der Waals surface area contributed by atoms with Gasteiger partial charge in [0.25, 0.3) is 5.91 Å². The second-order valence-corrected chi connectivity index (χ2v) is 5.35. The van der Waals surface area contributed by atoms with Gasteiger partial charge < -0.3 is 15.4 Å². The lowest BCUT2D eigenvalue weighted by Gasteiger charge is -2.12. The van der Waals surface area contributed by atoms with Gasteiger partial charge in [-0.15, -0.1) is 0 Å². The standard InChI is InChI=1S/C16H14FN5O2.CH3F/c17-11-1-2-13-10(7-11)8-19-14-3-5-22-15(21-14)12(9-20-22)16(23)18-4-6-24-13;1-2/h1-3,5,7,9H,4,6,8H2,(H,18,23)(H,19,21);1H3. The van der Waals surface area contributed by atoms with Crippen LogP contribution < -0.4 is 15.4 Å². The molecule has 0 aliphatic carbocycles. The van der Waals surface area contributed by atoms with Crippen molar-refractivity contribution >= 4 is 17.4 Å². The second kappa shape index (κ2) is 7.77. The van der Waals surface area contributed by atoms with E-state index in [2.05, 4.69) is 20.7 Å². The average Bonchev–Trinajstić information content (AvgIpc) is 3.09. The third-order valence-electron chi connectivity index (χ3n) is 3.74. The molecule has 26 heavy (non-hydrogen) atoms. The van der Waals surface area contributed by atoms with Crippen molar-refractivity contribution in [2.45, 2.75) is 6.54 Å². The zero-order valence-corrected chi connectivity index (χ0v) is 14.0. The molecular formula is C17H17F2N5O2. The molecule has 9 heteroatoms. The molecule has 0 saturated heterocycles. The summed E-state index contributed by atoms with van der Waals surface area (Å²) in [4.78, 5) is 16.7. The maximum atomic E-state index is 13.5. The summed E-state index contributed by atoms with van der Waals surface area (Å²) < 4.78 is 30.2. The highest BCUT2D eigenvalue weighted by molar-refractivity contribution is 5.99. The molecule has 1 amide bonds. The van der Waals surface area contributed by atoms with Crippen molar-refractivity contribution < 1.29 is 18.3 Å². The van der Waals surface area contributed by atoms with E-state index in [1.807, 2.05) is 0 Å². The molecule has 0 spiro atoms. The van der Waals surface area contributed by atoms with Gasteiger partial charge in [0.2, 0.25) is 0 Å². The van der Waals surface area contributed by atoms with E-state index >= 15 is 0 Å². The molecule has 2 aromatic heterocycles. The van der Waals surface area contributed by atoms with Crippen molar-refractivity contribution in [3.05, 3.63) is 53.6 Å². The van der Waals surface area contributed by atoms with Crippen molar-refractivity contribution in [1.82, 2.24) is 19.9 Å². The number of anilines is 1. The Hall–Kier alpha value is -3.23. The molecule has 3 heterocycles. The first-order valence-electron chi connectivity index (χ1n) is 7.86. The minimum Gasteiger partial charge on any atom is -0.491 e. The van der Waals surface area contributed by atoms with Crippen LogP contribution >= 0.6 is 0 Å². The first-order valence-corrected chi connectivity index (χ1v) is 7.86. The first kappa shape index (κ1) is 17.6. The molecule has 0 atom stereocenters. The second-order valence-electron chi connectivity index (χ2n) is 5.35. The number of ether oxygens (including phenoxy) is 1. The molecule has 1 aliphatic heterocycles. The summed E-state index contributed by atoms with van der Waals surface area (Å²) >= 11 is 0. The number of halogens is 2. The predicted octanol–water partition coefficient (Wildman–Crippen LogP) is 2.19. The molecule has 1 aliphatic rings. The largest absolute Gasteiger partial charge is 0.491 e. The fourth-order valence-electron chi connectivity index (χ4n) is 2.56. The Morgan fingerprint density at radius 2 is 2.08 bits per heavy atom. The number of nitrogens with one attached hydrogen (secondary N) is 2. The van der Waals surface area contributed by atoms with Crippen LogP contribution in [0.4, 0.5) is 14.6 Å². The molecule has 0 unspecified atom stereocenters. The lowest BCUT2D eigenvalue weighted by atomic mass is 10.2. The molecule has 4 rings (SSSR count). The molecule has 0 fully saturated rings. The number of carbonyl (C=O) groups is 1. The van der Waals surface area contributed by atoms with Gasteiger partial charge in [-0.05, 0) is 24.3 Å². The van der Waals surface area contributed by atoms with E-state index in [4.69, 9.17) is 4.74 Å². The molecule has 0 saturated carbocycles. The Morgan fingerprint density at radius 3 is 2.92 bits per heavy atom. The molecule has 2 N–H and O–H groups in total. The summed E-state index contributed by atoms with van der Waals surface area (Å²) in [5, 5.41) is 10.0. The monoisotopic (exact) mass is 361 g/mol. The third-order valence-corrected chi connectivity index (χ3v) is 3.74. The van der Waals surface area contributed by atoms with Gasteiger partial charge >= 0.3 is 0 Å². The zero-order valence-electron chi connectivity index (χ0n) is 14.0. The third kappa shape index (κ3) is 3.56. The number of hydrogen-bond acceptors (Lipinski definition) is 5. The molecule has 1 aromatic carbocycles.